The van der Waals surface area contributed by atoms with Crippen LogP contribution in [0.25, 0.3) is 11.3 Å². The quantitative estimate of drug-likeness (QED) is 0.450. The van der Waals surface area contributed by atoms with E-state index in [2.05, 4.69) is 20.4 Å². The van der Waals surface area contributed by atoms with Crippen LogP contribution in [0.3, 0.4) is 0 Å². The molecule has 1 aliphatic rings. The highest BCUT2D eigenvalue weighted by Gasteiger charge is 2.27. The van der Waals surface area contributed by atoms with Crippen LogP contribution in [0, 0.1) is 0 Å². The monoisotopic (exact) mass is 488 g/mol. The van der Waals surface area contributed by atoms with E-state index in [0.29, 0.717) is 42.7 Å². The molecule has 0 unspecified atom stereocenters. The number of benzene rings is 2. The third-order valence-corrected chi connectivity index (χ3v) is 5.94. The van der Waals surface area contributed by atoms with Gasteiger partial charge in [-0.25, -0.2) is 9.97 Å². The minimum absolute atomic E-state index is 0.0794. The number of nitrogens with one attached hydrogen (secondary N) is 1. The number of hydrogen-bond acceptors (Lipinski definition) is 7. The second-order valence-electron chi connectivity index (χ2n) is 7.94. The fourth-order valence-corrected chi connectivity index (χ4v) is 3.93. The van der Waals surface area contributed by atoms with Crippen molar-refractivity contribution in [1.82, 2.24) is 24.9 Å². The average molecular weight is 489 g/mol. The van der Waals surface area contributed by atoms with Crippen LogP contribution < -0.4 is 5.32 Å². The van der Waals surface area contributed by atoms with Crippen LogP contribution in [0.1, 0.15) is 20.9 Å². The standard InChI is InChI=1S/C25H21ClN6O3/c26-19-5-1-17(2-6-19)21-9-11-27-25(30-21)29-20-7-3-18(4-8-20)23(33)31-13-15-32(16-14-31)24(34)22-10-12-28-35-22/h1-12H,13-16H2,(H,27,29,30). The molecule has 35 heavy (non-hydrogen) atoms. The van der Waals surface area contributed by atoms with Gasteiger partial charge in [0.25, 0.3) is 11.8 Å². The zero-order valence-electron chi connectivity index (χ0n) is 18.6. The van der Waals surface area contributed by atoms with Crippen molar-refractivity contribution in [3.63, 3.8) is 0 Å². The lowest BCUT2D eigenvalue weighted by atomic mass is 10.1. The lowest BCUT2D eigenvalue weighted by Gasteiger charge is -2.34. The van der Waals surface area contributed by atoms with Crippen molar-refractivity contribution in [2.45, 2.75) is 0 Å². The molecule has 2 aromatic carbocycles. The fourth-order valence-electron chi connectivity index (χ4n) is 3.80. The number of anilines is 2. The van der Waals surface area contributed by atoms with Crippen molar-refractivity contribution < 1.29 is 14.1 Å². The Hall–Kier alpha value is -4.24. The minimum Gasteiger partial charge on any atom is -0.351 e. The predicted molar refractivity (Wildman–Crippen MR) is 131 cm³/mol. The first-order valence-corrected chi connectivity index (χ1v) is 11.4. The van der Waals surface area contributed by atoms with Crippen LogP contribution in [-0.4, -0.2) is 62.9 Å². The molecule has 1 N–H and O–H groups in total. The molecule has 0 bridgehead atoms. The molecule has 3 heterocycles. The second kappa shape index (κ2) is 9.94. The molecule has 2 aromatic heterocycles. The van der Waals surface area contributed by atoms with Crippen LogP contribution in [0.15, 0.2) is 77.6 Å². The first-order valence-electron chi connectivity index (χ1n) is 11.0. The molecule has 10 heteroatoms. The SMILES string of the molecule is O=C(c1ccc(Nc2nccc(-c3ccc(Cl)cc3)n2)cc1)N1CCN(C(=O)c2ccno2)CC1. The van der Waals surface area contributed by atoms with E-state index in [1.54, 1.807) is 28.1 Å². The largest absolute Gasteiger partial charge is 0.351 e. The van der Waals surface area contributed by atoms with Crippen LogP contribution in [-0.2, 0) is 0 Å². The van der Waals surface area contributed by atoms with E-state index in [0.717, 1.165) is 16.9 Å². The van der Waals surface area contributed by atoms with Crippen molar-refractivity contribution in [3.8, 4) is 11.3 Å². The van der Waals surface area contributed by atoms with Crippen molar-refractivity contribution in [3.05, 3.63) is 89.4 Å². The third-order valence-electron chi connectivity index (χ3n) is 5.69. The number of carbonyl (C=O) groups is 2. The summed E-state index contributed by atoms with van der Waals surface area (Å²) in [5.41, 5.74) is 3.04. The molecular weight excluding hydrogens is 468 g/mol. The van der Waals surface area contributed by atoms with E-state index in [1.807, 2.05) is 42.5 Å². The van der Waals surface area contributed by atoms with Gasteiger partial charge in [-0.3, -0.25) is 9.59 Å². The highest BCUT2D eigenvalue weighted by Crippen LogP contribution is 2.22. The molecule has 0 aliphatic carbocycles. The maximum absolute atomic E-state index is 12.9. The van der Waals surface area contributed by atoms with Gasteiger partial charge in [0.05, 0.1) is 11.9 Å². The van der Waals surface area contributed by atoms with Gasteiger partial charge in [0, 0.05) is 60.3 Å². The van der Waals surface area contributed by atoms with Gasteiger partial charge in [-0.2, -0.15) is 0 Å². The molecule has 0 radical (unpaired) electrons. The zero-order valence-corrected chi connectivity index (χ0v) is 19.4. The number of piperazine rings is 1. The summed E-state index contributed by atoms with van der Waals surface area (Å²) in [5, 5.41) is 7.41. The lowest BCUT2D eigenvalue weighted by Crippen LogP contribution is -2.50. The average Bonchev–Trinajstić information content (AvgIpc) is 3.44. The Morgan fingerprint density at radius 1 is 0.829 bits per heavy atom. The Morgan fingerprint density at radius 2 is 1.51 bits per heavy atom. The number of rotatable bonds is 5. The normalized spacial score (nSPS) is 13.5. The zero-order chi connectivity index (χ0) is 24.2. The summed E-state index contributed by atoms with van der Waals surface area (Å²) in [6.45, 7) is 1.77. The molecular formula is C25H21ClN6O3. The van der Waals surface area contributed by atoms with Crippen molar-refractivity contribution >= 4 is 35.1 Å². The molecule has 176 valence electrons. The van der Waals surface area contributed by atoms with E-state index in [4.69, 9.17) is 16.1 Å². The number of amides is 2. The van der Waals surface area contributed by atoms with E-state index in [1.165, 1.54) is 12.3 Å². The summed E-state index contributed by atoms with van der Waals surface area (Å²) >= 11 is 5.97. The molecule has 0 spiro atoms. The van der Waals surface area contributed by atoms with Gasteiger partial charge in [0.1, 0.15) is 0 Å². The maximum Gasteiger partial charge on any atom is 0.292 e. The topological polar surface area (TPSA) is 104 Å². The molecule has 1 aliphatic heterocycles. The summed E-state index contributed by atoms with van der Waals surface area (Å²) in [4.78, 5) is 37.6. The number of hydrogen-bond donors (Lipinski definition) is 1. The number of halogens is 1. The second-order valence-corrected chi connectivity index (χ2v) is 8.37. The summed E-state index contributed by atoms with van der Waals surface area (Å²) < 4.78 is 4.94. The fraction of sp³-hybridized carbons (Fsp3) is 0.160. The van der Waals surface area contributed by atoms with Crippen LogP contribution in [0.2, 0.25) is 5.02 Å². The molecule has 1 fully saturated rings. The summed E-state index contributed by atoms with van der Waals surface area (Å²) in [7, 11) is 0. The Morgan fingerprint density at radius 3 is 2.17 bits per heavy atom. The molecule has 4 aromatic rings. The van der Waals surface area contributed by atoms with Gasteiger partial charge >= 0.3 is 0 Å². The van der Waals surface area contributed by atoms with Crippen molar-refractivity contribution in [1.29, 1.82) is 0 Å². The van der Waals surface area contributed by atoms with Gasteiger partial charge in [-0.05, 0) is 42.5 Å². The Bertz CT molecular complexity index is 1320. The van der Waals surface area contributed by atoms with Crippen LogP contribution in [0.4, 0.5) is 11.6 Å². The number of nitrogens with zero attached hydrogens (tertiary/aromatic N) is 5. The van der Waals surface area contributed by atoms with Crippen LogP contribution >= 0.6 is 11.6 Å². The minimum atomic E-state index is -0.215. The summed E-state index contributed by atoms with van der Waals surface area (Å²) in [6, 6.07) is 18.0. The van der Waals surface area contributed by atoms with Crippen molar-refractivity contribution in [2.24, 2.45) is 0 Å². The maximum atomic E-state index is 12.9. The van der Waals surface area contributed by atoms with Crippen molar-refractivity contribution in [2.75, 3.05) is 31.5 Å². The highest BCUT2D eigenvalue weighted by molar-refractivity contribution is 6.30. The molecule has 9 nitrogen and oxygen atoms in total. The Balaban J connectivity index is 1.19. The third kappa shape index (κ3) is 5.15. The van der Waals surface area contributed by atoms with Crippen LogP contribution in [0.5, 0.6) is 0 Å². The number of aromatic nitrogens is 3. The van der Waals surface area contributed by atoms with E-state index < -0.39 is 0 Å². The van der Waals surface area contributed by atoms with Gasteiger partial charge in [0.2, 0.25) is 11.7 Å². The summed E-state index contributed by atoms with van der Waals surface area (Å²) in [5.74, 6) is 0.358. The molecule has 0 atom stereocenters. The van der Waals surface area contributed by atoms with Gasteiger partial charge in [-0.1, -0.05) is 28.9 Å². The van der Waals surface area contributed by atoms with Gasteiger partial charge in [-0.15, -0.1) is 0 Å². The first kappa shape index (κ1) is 22.5. The predicted octanol–water partition coefficient (Wildman–Crippen LogP) is 4.13. The summed E-state index contributed by atoms with van der Waals surface area (Å²) in [6.07, 6.45) is 3.12. The smallest absolute Gasteiger partial charge is 0.292 e. The lowest BCUT2D eigenvalue weighted by molar-refractivity contribution is 0.0513. The number of carbonyl (C=O) groups excluding carboxylic acids is 2. The van der Waals surface area contributed by atoms with E-state index >= 15 is 0 Å². The Kier molecular flexibility index (Phi) is 6.40. The Labute approximate surface area is 206 Å². The molecule has 0 saturated carbocycles. The van der Waals surface area contributed by atoms with Gasteiger partial charge in [0.15, 0.2) is 0 Å². The van der Waals surface area contributed by atoms with E-state index in [-0.39, 0.29) is 17.6 Å². The highest BCUT2D eigenvalue weighted by atomic mass is 35.5. The molecule has 2 amide bonds. The van der Waals surface area contributed by atoms with E-state index in [9.17, 15) is 9.59 Å². The molecule has 1 saturated heterocycles. The molecule has 5 rings (SSSR count). The first-order chi connectivity index (χ1) is 17.1. The van der Waals surface area contributed by atoms with Gasteiger partial charge < -0.3 is 19.6 Å².